The zero-order valence-corrected chi connectivity index (χ0v) is 17.9. The van der Waals surface area contributed by atoms with E-state index in [2.05, 4.69) is 4.72 Å². The molecule has 0 unspecified atom stereocenters. The van der Waals surface area contributed by atoms with Crippen LogP contribution in [0.15, 0.2) is 35.2 Å². The molecule has 1 atom stereocenters. The maximum atomic E-state index is 13.3. The monoisotopic (exact) mass is 405 g/mol. The lowest BCUT2D eigenvalue weighted by atomic mass is 9.90. The van der Waals surface area contributed by atoms with Crippen molar-refractivity contribution in [3.8, 4) is 17.2 Å². The highest BCUT2D eigenvalue weighted by Crippen LogP contribution is 2.42. The summed E-state index contributed by atoms with van der Waals surface area (Å²) < 4.78 is 46.0. The van der Waals surface area contributed by atoms with E-state index in [1.807, 2.05) is 26.0 Å². The molecule has 0 aromatic heterocycles. The van der Waals surface area contributed by atoms with Crippen molar-refractivity contribution >= 4 is 10.0 Å². The summed E-state index contributed by atoms with van der Waals surface area (Å²) in [7, 11) is -0.593. The van der Waals surface area contributed by atoms with Crippen molar-refractivity contribution in [2.24, 2.45) is 0 Å². The number of fused-ring (bicyclic) bond motifs is 1. The molecule has 1 aliphatic rings. The van der Waals surface area contributed by atoms with Gasteiger partial charge in [-0.3, -0.25) is 0 Å². The van der Waals surface area contributed by atoms with Crippen LogP contribution in [0.4, 0.5) is 0 Å². The summed E-state index contributed by atoms with van der Waals surface area (Å²) in [5.41, 5.74) is 1.57. The van der Waals surface area contributed by atoms with Crippen molar-refractivity contribution in [3.05, 3.63) is 47.0 Å². The average molecular weight is 406 g/mol. The molecule has 0 saturated carbocycles. The van der Waals surface area contributed by atoms with Crippen molar-refractivity contribution in [1.29, 1.82) is 0 Å². The number of rotatable bonds is 5. The number of nitrogens with one attached hydrogen (secondary N) is 1. The lowest BCUT2D eigenvalue weighted by Crippen LogP contribution is -2.41. The molecule has 7 heteroatoms. The van der Waals surface area contributed by atoms with Gasteiger partial charge >= 0.3 is 0 Å². The van der Waals surface area contributed by atoms with E-state index in [0.29, 0.717) is 34.8 Å². The van der Waals surface area contributed by atoms with Gasteiger partial charge in [0.15, 0.2) is 0 Å². The van der Waals surface area contributed by atoms with Crippen LogP contribution < -0.4 is 18.9 Å². The molecule has 2 aromatic carbocycles. The molecule has 3 rings (SSSR count). The summed E-state index contributed by atoms with van der Waals surface area (Å²) in [5.74, 6) is 1.94. The minimum atomic E-state index is -3.75. The first-order valence-electron chi connectivity index (χ1n) is 9.11. The number of ether oxygens (including phenoxy) is 3. The Kier molecular flexibility index (Phi) is 5.34. The summed E-state index contributed by atoms with van der Waals surface area (Å²) in [6.45, 7) is 7.44. The molecule has 1 heterocycles. The third-order valence-electron chi connectivity index (χ3n) is 4.91. The van der Waals surface area contributed by atoms with Gasteiger partial charge in [0.1, 0.15) is 22.8 Å². The van der Waals surface area contributed by atoms with Crippen LogP contribution in [0.1, 0.15) is 43.0 Å². The van der Waals surface area contributed by atoms with E-state index in [-0.39, 0.29) is 4.90 Å². The fourth-order valence-electron chi connectivity index (χ4n) is 3.76. The zero-order valence-electron chi connectivity index (χ0n) is 17.1. The van der Waals surface area contributed by atoms with Crippen molar-refractivity contribution in [2.75, 3.05) is 14.2 Å². The SMILES string of the molecule is COc1cc(C)c(S(=O)(=O)N[C@H]2CC(C)(C)Oc3cc(OC)ccc32)c(C)c1. The van der Waals surface area contributed by atoms with Crippen LogP contribution in [0.2, 0.25) is 0 Å². The first kappa shape index (κ1) is 20.5. The van der Waals surface area contributed by atoms with Crippen LogP contribution in [0.25, 0.3) is 0 Å². The number of hydrogen-bond acceptors (Lipinski definition) is 5. The topological polar surface area (TPSA) is 73.9 Å². The summed E-state index contributed by atoms with van der Waals surface area (Å²) in [5, 5.41) is 0. The smallest absolute Gasteiger partial charge is 0.241 e. The van der Waals surface area contributed by atoms with Gasteiger partial charge in [-0.15, -0.1) is 0 Å². The van der Waals surface area contributed by atoms with Crippen LogP contribution in [0.5, 0.6) is 17.2 Å². The molecular weight excluding hydrogens is 378 g/mol. The Morgan fingerprint density at radius 1 is 1.04 bits per heavy atom. The van der Waals surface area contributed by atoms with E-state index in [0.717, 1.165) is 5.56 Å². The Morgan fingerprint density at radius 3 is 2.21 bits per heavy atom. The maximum absolute atomic E-state index is 13.3. The first-order chi connectivity index (χ1) is 13.1. The molecule has 0 radical (unpaired) electrons. The Labute approximate surface area is 166 Å². The highest BCUT2D eigenvalue weighted by atomic mass is 32.2. The molecule has 0 aliphatic carbocycles. The van der Waals surface area contributed by atoms with E-state index in [9.17, 15) is 8.42 Å². The molecule has 152 valence electrons. The minimum Gasteiger partial charge on any atom is -0.497 e. The number of sulfonamides is 1. The Bertz CT molecular complexity index is 975. The van der Waals surface area contributed by atoms with Crippen LogP contribution >= 0.6 is 0 Å². The zero-order chi connectivity index (χ0) is 20.7. The third-order valence-corrected chi connectivity index (χ3v) is 6.69. The largest absolute Gasteiger partial charge is 0.497 e. The van der Waals surface area contributed by atoms with Crippen molar-refractivity contribution in [2.45, 2.75) is 50.7 Å². The molecular formula is C21H27NO5S. The van der Waals surface area contributed by atoms with Gasteiger partial charge in [0.25, 0.3) is 0 Å². The van der Waals surface area contributed by atoms with Gasteiger partial charge in [-0.1, -0.05) is 6.07 Å². The summed E-state index contributed by atoms with van der Waals surface area (Å²) in [4.78, 5) is 0.285. The van der Waals surface area contributed by atoms with E-state index in [1.165, 1.54) is 0 Å². The van der Waals surface area contributed by atoms with Gasteiger partial charge in [0.2, 0.25) is 10.0 Å². The van der Waals surface area contributed by atoms with Crippen molar-refractivity contribution in [3.63, 3.8) is 0 Å². The van der Waals surface area contributed by atoms with Gasteiger partial charge in [-0.2, -0.15) is 0 Å². The Hall–Kier alpha value is -2.25. The normalized spacial score (nSPS) is 18.1. The van der Waals surface area contributed by atoms with E-state index in [4.69, 9.17) is 14.2 Å². The first-order valence-corrected chi connectivity index (χ1v) is 10.6. The number of hydrogen-bond donors (Lipinski definition) is 1. The molecule has 2 aromatic rings. The fourth-order valence-corrected chi connectivity index (χ4v) is 5.43. The van der Waals surface area contributed by atoms with Crippen LogP contribution in [-0.4, -0.2) is 28.2 Å². The highest BCUT2D eigenvalue weighted by Gasteiger charge is 2.37. The molecule has 0 fully saturated rings. The molecule has 6 nitrogen and oxygen atoms in total. The number of aryl methyl sites for hydroxylation is 2. The highest BCUT2D eigenvalue weighted by molar-refractivity contribution is 7.89. The molecule has 0 saturated heterocycles. The summed E-state index contributed by atoms with van der Waals surface area (Å²) in [6.07, 6.45) is 0.514. The van der Waals surface area contributed by atoms with E-state index < -0.39 is 21.7 Å². The predicted molar refractivity (Wildman–Crippen MR) is 108 cm³/mol. The van der Waals surface area contributed by atoms with Crippen molar-refractivity contribution in [1.82, 2.24) is 4.72 Å². The lowest BCUT2D eigenvalue weighted by Gasteiger charge is -2.38. The standard InChI is InChI=1S/C21H27NO5S/c1-13-9-16(26-6)10-14(2)20(13)28(23,24)22-18-12-21(3,4)27-19-11-15(25-5)7-8-17(18)19/h7-11,18,22H,12H2,1-6H3/t18-/m0/s1. The predicted octanol–water partition coefficient (Wildman–Crippen LogP) is 3.90. The second kappa shape index (κ2) is 7.29. The second-order valence-corrected chi connectivity index (χ2v) is 9.38. The van der Waals surface area contributed by atoms with Gasteiger partial charge in [0, 0.05) is 18.1 Å². The van der Waals surface area contributed by atoms with Crippen LogP contribution in [0, 0.1) is 13.8 Å². The van der Waals surface area contributed by atoms with Gasteiger partial charge in [0.05, 0.1) is 25.2 Å². The number of benzene rings is 2. The fraction of sp³-hybridized carbons (Fsp3) is 0.429. The molecule has 0 bridgehead atoms. The Morgan fingerprint density at radius 2 is 1.64 bits per heavy atom. The number of methoxy groups -OCH3 is 2. The lowest BCUT2D eigenvalue weighted by molar-refractivity contribution is 0.0699. The molecule has 0 amide bonds. The molecule has 28 heavy (non-hydrogen) atoms. The summed E-state index contributed by atoms with van der Waals surface area (Å²) >= 11 is 0. The Balaban J connectivity index is 2.01. The van der Waals surface area contributed by atoms with E-state index >= 15 is 0 Å². The van der Waals surface area contributed by atoms with Crippen LogP contribution in [-0.2, 0) is 10.0 Å². The molecule has 0 spiro atoms. The molecule has 1 aliphatic heterocycles. The minimum absolute atomic E-state index is 0.285. The van der Waals surface area contributed by atoms with Crippen molar-refractivity contribution < 1.29 is 22.6 Å². The average Bonchev–Trinajstić information content (AvgIpc) is 2.58. The second-order valence-electron chi connectivity index (χ2n) is 7.73. The summed E-state index contributed by atoms with van der Waals surface area (Å²) in [6, 6.07) is 8.51. The van der Waals surface area contributed by atoms with Gasteiger partial charge in [-0.25, -0.2) is 13.1 Å². The van der Waals surface area contributed by atoms with E-state index in [1.54, 1.807) is 46.3 Å². The third kappa shape index (κ3) is 3.95. The molecule has 1 N–H and O–H groups in total. The van der Waals surface area contributed by atoms with Crippen LogP contribution in [0.3, 0.4) is 0 Å². The quantitative estimate of drug-likeness (QED) is 0.817. The maximum Gasteiger partial charge on any atom is 0.241 e. The van der Waals surface area contributed by atoms with Gasteiger partial charge in [-0.05, 0) is 57.0 Å². The van der Waals surface area contributed by atoms with Gasteiger partial charge < -0.3 is 14.2 Å².